The molecule has 0 bridgehead atoms. The lowest BCUT2D eigenvalue weighted by Gasteiger charge is -2.10. The van der Waals surface area contributed by atoms with Crippen molar-refractivity contribution in [3.8, 4) is 0 Å². The second-order valence-electron chi connectivity index (χ2n) is 4.03. The Morgan fingerprint density at radius 3 is 2.69 bits per heavy atom. The maximum Gasteiger partial charge on any atom is 0.239 e. The third kappa shape index (κ3) is 4.66. The zero-order valence-electron chi connectivity index (χ0n) is 9.59. The van der Waals surface area contributed by atoms with Crippen LogP contribution < -0.4 is 10.6 Å². The number of hydrogen-bond donors (Lipinski definition) is 2. The Balaban J connectivity index is 2.35. The van der Waals surface area contributed by atoms with Crippen LogP contribution in [0.5, 0.6) is 0 Å². The molecule has 1 rings (SSSR count). The number of carbonyl (C=O) groups excluding carboxylic acids is 1. The molecule has 2 N–H and O–H groups in total. The van der Waals surface area contributed by atoms with Gasteiger partial charge >= 0.3 is 0 Å². The summed E-state index contributed by atoms with van der Waals surface area (Å²) in [5.74, 6) is 0.497. The van der Waals surface area contributed by atoms with Crippen LogP contribution in [-0.2, 0) is 4.79 Å². The number of para-hydroxylation sites is 1. The molecule has 0 aromatic heterocycles. The van der Waals surface area contributed by atoms with E-state index in [2.05, 4.69) is 40.4 Å². The normalized spacial score (nSPS) is 10.2. The van der Waals surface area contributed by atoms with Crippen LogP contribution in [0, 0.1) is 5.92 Å². The van der Waals surface area contributed by atoms with E-state index < -0.39 is 0 Å². The van der Waals surface area contributed by atoms with E-state index in [0.29, 0.717) is 12.5 Å². The maximum absolute atomic E-state index is 11.4. The third-order valence-corrected chi connectivity index (χ3v) is 2.71. The van der Waals surface area contributed by atoms with E-state index >= 15 is 0 Å². The summed E-state index contributed by atoms with van der Waals surface area (Å²) < 4.78 is 0.964. The Bertz CT molecular complexity index is 353. The van der Waals surface area contributed by atoms with Crippen molar-refractivity contribution in [1.82, 2.24) is 5.32 Å². The molecule has 0 aliphatic carbocycles. The molecule has 0 unspecified atom stereocenters. The van der Waals surface area contributed by atoms with E-state index in [1.165, 1.54) is 0 Å². The summed E-state index contributed by atoms with van der Waals surface area (Å²) in [6.07, 6.45) is 0. The first kappa shape index (κ1) is 13.0. The minimum atomic E-state index is 0.0180. The van der Waals surface area contributed by atoms with Crippen molar-refractivity contribution in [2.45, 2.75) is 13.8 Å². The van der Waals surface area contributed by atoms with Gasteiger partial charge in [-0.3, -0.25) is 4.79 Å². The molecule has 4 heteroatoms. The van der Waals surface area contributed by atoms with Crippen molar-refractivity contribution in [3.05, 3.63) is 28.7 Å². The number of anilines is 1. The van der Waals surface area contributed by atoms with Gasteiger partial charge in [0.05, 0.1) is 6.54 Å². The molecule has 0 fully saturated rings. The van der Waals surface area contributed by atoms with Gasteiger partial charge in [-0.15, -0.1) is 0 Å². The molecule has 0 saturated carbocycles. The first-order chi connectivity index (χ1) is 7.59. The zero-order chi connectivity index (χ0) is 12.0. The highest BCUT2D eigenvalue weighted by Gasteiger charge is 2.03. The third-order valence-electron chi connectivity index (χ3n) is 2.02. The van der Waals surface area contributed by atoms with Gasteiger partial charge < -0.3 is 10.6 Å². The molecule has 16 heavy (non-hydrogen) atoms. The van der Waals surface area contributed by atoms with Gasteiger partial charge in [0.1, 0.15) is 0 Å². The van der Waals surface area contributed by atoms with Crippen molar-refractivity contribution in [1.29, 1.82) is 0 Å². The molecular formula is C12H17BrN2O. The van der Waals surface area contributed by atoms with Crippen LogP contribution in [0.1, 0.15) is 13.8 Å². The average Bonchev–Trinajstić information content (AvgIpc) is 2.25. The molecule has 0 spiro atoms. The highest BCUT2D eigenvalue weighted by Crippen LogP contribution is 2.20. The van der Waals surface area contributed by atoms with Gasteiger partial charge in [0.25, 0.3) is 0 Å². The number of benzene rings is 1. The number of carbonyl (C=O) groups is 1. The van der Waals surface area contributed by atoms with E-state index in [1.54, 1.807) is 0 Å². The van der Waals surface area contributed by atoms with Crippen LogP contribution in [0.4, 0.5) is 5.69 Å². The van der Waals surface area contributed by atoms with Crippen molar-refractivity contribution >= 4 is 27.5 Å². The number of amides is 1. The van der Waals surface area contributed by atoms with E-state index in [9.17, 15) is 4.79 Å². The molecule has 1 aromatic rings. The van der Waals surface area contributed by atoms with Crippen molar-refractivity contribution in [3.63, 3.8) is 0 Å². The Morgan fingerprint density at radius 1 is 1.38 bits per heavy atom. The lowest BCUT2D eigenvalue weighted by atomic mass is 10.2. The van der Waals surface area contributed by atoms with Crippen LogP contribution in [0.15, 0.2) is 28.7 Å². The van der Waals surface area contributed by atoms with Gasteiger partial charge in [-0.1, -0.05) is 26.0 Å². The lowest BCUT2D eigenvalue weighted by Crippen LogP contribution is -2.32. The van der Waals surface area contributed by atoms with Gasteiger partial charge in [-0.25, -0.2) is 0 Å². The maximum atomic E-state index is 11.4. The summed E-state index contributed by atoms with van der Waals surface area (Å²) in [6.45, 7) is 5.16. The van der Waals surface area contributed by atoms with Crippen LogP contribution in [0.3, 0.4) is 0 Å². The molecule has 1 amide bonds. The van der Waals surface area contributed by atoms with Crippen molar-refractivity contribution in [2.24, 2.45) is 5.92 Å². The van der Waals surface area contributed by atoms with Gasteiger partial charge in [0.15, 0.2) is 0 Å². The summed E-state index contributed by atoms with van der Waals surface area (Å²) in [7, 11) is 0. The smallest absolute Gasteiger partial charge is 0.239 e. The summed E-state index contributed by atoms with van der Waals surface area (Å²) >= 11 is 3.41. The van der Waals surface area contributed by atoms with Crippen LogP contribution in [-0.4, -0.2) is 19.0 Å². The highest BCUT2D eigenvalue weighted by atomic mass is 79.9. The monoisotopic (exact) mass is 284 g/mol. The van der Waals surface area contributed by atoms with Crippen molar-refractivity contribution in [2.75, 3.05) is 18.4 Å². The number of hydrogen-bond acceptors (Lipinski definition) is 2. The fourth-order valence-corrected chi connectivity index (χ4v) is 1.59. The minimum Gasteiger partial charge on any atom is -0.375 e. The summed E-state index contributed by atoms with van der Waals surface area (Å²) in [5, 5.41) is 5.93. The van der Waals surface area contributed by atoms with Crippen LogP contribution in [0.25, 0.3) is 0 Å². The molecule has 0 aliphatic heterocycles. The second kappa shape index (κ2) is 6.53. The molecule has 3 nitrogen and oxygen atoms in total. The van der Waals surface area contributed by atoms with Crippen LogP contribution in [0.2, 0.25) is 0 Å². The number of nitrogens with one attached hydrogen (secondary N) is 2. The Labute approximate surface area is 105 Å². The molecule has 1 aromatic carbocycles. The Hall–Kier alpha value is -1.03. The minimum absolute atomic E-state index is 0.0180. The highest BCUT2D eigenvalue weighted by molar-refractivity contribution is 9.10. The van der Waals surface area contributed by atoms with Gasteiger partial charge in [0.2, 0.25) is 5.91 Å². The largest absolute Gasteiger partial charge is 0.375 e. The van der Waals surface area contributed by atoms with E-state index in [4.69, 9.17) is 0 Å². The van der Waals surface area contributed by atoms with Gasteiger partial charge in [-0.05, 0) is 34.0 Å². The van der Waals surface area contributed by atoms with Crippen molar-refractivity contribution < 1.29 is 4.79 Å². The molecule has 0 heterocycles. The topological polar surface area (TPSA) is 41.1 Å². The standard InChI is InChI=1S/C12H17BrN2O/c1-9(2)7-15-12(16)8-14-11-6-4-3-5-10(11)13/h3-6,9,14H,7-8H2,1-2H3,(H,15,16). The predicted octanol–water partition coefficient (Wildman–Crippen LogP) is 2.63. The van der Waals surface area contributed by atoms with E-state index in [-0.39, 0.29) is 5.91 Å². The fraction of sp³-hybridized carbons (Fsp3) is 0.417. The fourth-order valence-electron chi connectivity index (χ4n) is 1.16. The molecule has 88 valence electrons. The zero-order valence-corrected chi connectivity index (χ0v) is 11.2. The quantitative estimate of drug-likeness (QED) is 0.873. The molecule has 0 radical (unpaired) electrons. The summed E-state index contributed by atoms with van der Waals surface area (Å²) in [6, 6.07) is 7.74. The average molecular weight is 285 g/mol. The van der Waals surface area contributed by atoms with Gasteiger partial charge in [-0.2, -0.15) is 0 Å². The SMILES string of the molecule is CC(C)CNC(=O)CNc1ccccc1Br. The first-order valence-electron chi connectivity index (χ1n) is 5.34. The summed E-state index contributed by atoms with van der Waals surface area (Å²) in [5.41, 5.74) is 0.933. The molecular weight excluding hydrogens is 268 g/mol. The molecule has 0 saturated heterocycles. The van der Waals surface area contributed by atoms with E-state index in [1.807, 2.05) is 24.3 Å². The summed E-state index contributed by atoms with van der Waals surface area (Å²) in [4.78, 5) is 11.4. The Morgan fingerprint density at radius 2 is 2.06 bits per heavy atom. The first-order valence-corrected chi connectivity index (χ1v) is 6.14. The lowest BCUT2D eigenvalue weighted by molar-refractivity contribution is -0.119. The number of halogens is 1. The predicted molar refractivity (Wildman–Crippen MR) is 70.5 cm³/mol. The second-order valence-corrected chi connectivity index (χ2v) is 4.89. The number of rotatable bonds is 5. The van der Waals surface area contributed by atoms with Gasteiger partial charge in [0, 0.05) is 16.7 Å². The Kier molecular flexibility index (Phi) is 5.32. The molecule has 0 atom stereocenters. The molecule has 0 aliphatic rings. The van der Waals surface area contributed by atoms with E-state index in [0.717, 1.165) is 16.7 Å². The van der Waals surface area contributed by atoms with Crippen LogP contribution >= 0.6 is 15.9 Å².